The molecular formula is C19H34N6. The minimum atomic E-state index is 0.699. The Labute approximate surface area is 152 Å². The molecule has 0 atom stereocenters. The molecule has 2 fully saturated rings. The quantitative estimate of drug-likeness (QED) is 0.747. The maximum Gasteiger partial charge on any atom is 0.0996 e. The number of nitrogens with zero attached hydrogens (tertiary/aromatic N) is 4. The average molecular weight is 347 g/mol. The average Bonchev–Trinajstić information content (AvgIpc) is 3.37. The van der Waals surface area contributed by atoms with E-state index in [0.29, 0.717) is 11.8 Å². The van der Waals surface area contributed by atoms with Crippen LogP contribution in [0.15, 0.2) is 9.98 Å². The zero-order valence-corrected chi connectivity index (χ0v) is 15.6. The minimum Gasteiger partial charge on any atom is -0.372 e. The second-order valence-corrected chi connectivity index (χ2v) is 7.97. The summed E-state index contributed by atoms with van der Waals surface area (Å²) < 4.78 is 0. The first kappa shape index (κ1) is 17.3. The number of rotatable bonds is 6. The molecule has 2 saturated heterocycles. The zero-order chi connectivity index (χ0) is 16.9. The molecule has 25 heavy (non-hydrogen) atoms. The van der Waals surface area contributed by atoms with Crippen LogP contribution in [0.3, 0.4) is 0 Å². The fraction of sp³-hybridized carbons (Fsp3) is 0.895. The molecule has 0 bridgehead atoms. The van der Waals surface area contributed by atoms with Gasteiger partial charge in [-0.25, -0.2) is 0 Å². The van der Waals surface area contributed by atoms with E-state index in [2.05, 4.69) is 30.4 Å². The number of amidine groups is 2. The smallest absolute Gasteiger partial charge is 0.0996 e. The SMILES string of the molecule is C(CN1CCC(C2=NCCN2)CC1)CN1CCC(C2=NCCN2)CC1. The third kappa shape index (κ3) is 4.53. The van der Waals surface area contributed by atoms with Gasteiger partial charge in [0.25, 0.3) is 0 Å². The van der Waals surface area contributed by atoms with Crippen molar-refractivity contribution in [3.63, 3.8) is 0 Å². The van der Waals surface area contributed by atoms with Crippen molar-refractivity contribution in [2.45, 2.75) is 32.1 Å². The number of hydrogen-bond donors (Lipinski definition) is 2. The Kier molecular flexibility index (Phi) is 5.87. The molecular weight excluding hydrogens is 312 g/mol. The lowest BCUT2D eigenvalue weighted by molar-refractivity contribution is 0.171. The molecule has 0 aromatic heterocycles. The van der Waals surface area contributed by atoms with Crippen molar-refractivity contribution >= 4 is 11.7 Å². The molecule has 4 aliphatic rings. The van der Waals surface area contributed by atoms with Gasteiger partial charge in [-0.15, -0.1) is 0 Å². The first-order valence-corrected chi connectivity index (χ1v) is 10.4. The predicted octanol–water partition coefficient (Wildman–Crippen LogP) is 0.804. The summed E-state index contributed by atoms with van der Waals surface area (Å²) in [6.45, 7) is 11.6. The van der Waals surface area contributed by atoms with Gasteiger partial charge in [0.05, 0.1) is 24.8 Å². The molecule has 0 spiro atoms. The Hall–Kier alpha value is -1.14. The lowest BCUT2D eigenvalue weighted by Gasteiger charge is -2.34. The summed E-state index contributed by atoms with van der Waals surface area (Å²) >= 11 is 0. The van der Waals surface area contributed by atoms with Gasteiger partial charge in [-0.05, 0) is 71.4 Å². The van der Waals surface area contributed by atoms with Gasteiger partial charge in [0.1, 0.15) is 0 Å². The summed E-state index contributed by atoms with van der Waals surface area (Å²) in [5.41, 5.74) is 0. The van der Waals surface area contributed by atoms with Crippen LogP contribution in [-0.4, -0.2) is 86.9 Å². The topological polar surface area (TPSA) is 55.3 Å². The second-order valence-electron chi connectivity index (χ2n) is 7.97. The normalized spacial score (nSPS) is 27.0. The molecule has 4 rings (SSSR count). The summed E-state index contributed by atoms with van der Waals surface area (Å²) in [6, 6.07) is 0. The van der Waals surface area contributed by atoms with Crippen LogP contribution < -0.4 is 10.6 Å². The van der Waals surface area contributed by atoms with E-state index in [1.807, 2.05) is 0 Å². The number of likely N-dealkylation sites (tertiary alicyclic amines) is 2. The highest BCUT2D eigenvalue weighted by Crippen LogP contribution is 2.21. The second kappa shape index (κ2) is 8.49. The molecule has 0 aromatic rings. The summed E-state index contributed by atoms with van der Waals surface area (Å²) in [7, 11) is 0. The van der Waals surface area contributed by atoms with Crippen LogP contribution in [0, 0.1) is 11.8 Å². The van der Waals surface area contributed by atoms with Crippen molar-refractivity contribution in [2.24, 2.45) is 21.8 Å². The van der Waals surface area contributed by atoms with Crippen molar-refractivity contribution in [1.82, 2.24) is 20.4 Å². The highest BCUT2D eigenvalue weighted by molar-refractivity contribution is 5.86. The van der Waals surface area contributed by atoms with Gasteiger partial charge in [0.15, 0.2) is 0 Å². The van der Waals surface area contributed by atoms with Crippen molar-refractivity contribution in [3.8, 4) is 0 Å². The first-order chi connectivity index (χ1) is 12.4. The highest BCUT2D eigenvalue weighted by Gasteiger charge is 2.26. The molecule has 0 radical (unpaired) electrons. The third-order valence-corrected chi connectivity index (χ3v) is 6.30. The molecule has 0 amide bonds. The maximum absolute atomic E-state index is 4.61. The Balaban J connectivity index is 1.09. The molecule has 6 nitrogen and oxygen atoms in total. The lowest BCUT2D eigenvalue weighted by Crippen LogP contribution is -2.42. The summed E-state index contributed by atoms with van der Waals surface area (Å²) in [5, 5.41) is 6.93. The Morgan fingerprint density at radius 3 is 1.52 bits per heavy atom. The first-order valence-electron chi connectivity index (χ1n) is 10.4. The van der Waals surface area contributed by atoms with Crippen LogP contribution in [0.5, 0.6) is 0 Å². The molecule has 6 heteroatoms. The highest BCUT2D eigenvalue weighted by atomic mass is 15.2. The lowest BCUT2D eigenvalue weighted by atomic mass is 9.95. The monoisotopic (exact) mass is 346 g/mol. The van der Waals surface area contributed by atoms with Gasteiger partial charge in [0.2, 0.25) is 0 Å². The van der Waals surface area contributed by atoms with E-state index in [-0.39, 0.29) is 0 Å². The largest absolute Gasteiger partial charge is 0.372 e. The molecule has 2 N–H and O–H groups in total. The number of piperidine rings is 2. The minimum absolute atomic E-state index is 0.699. The predicted molar refractivity (Wildman–Crippen MR) is 104 cm³/mol. The van der Waals surface area contributed by atoms with Crippen molar-refractivity contribution in [3.05, 3.63) is 0 Å². The summed E-state index contributed by atoms with van der Waals surface area (Å²) in [4.78, 5) is 14.5. The molecule has 0 unspecified atom stereocenters. The Morgan fingerprint density at radius 1 is 0.720 bits per heavy atom. The van der Waals surface area contributed by atoms with E-state index in [4.69, 9.17) is 0 Å². The van der Waals surface area contributed by atoms with E-state index >= 15 is 0 Å². The molecule has 4 heterocycles. The number of hydrogen-bond acceptors (Lipinski definition) is 6. The molecule has 0 saturated carbocycles. The number of nitrogens with one attached hydrogen (secondary N) is 2. The van der Waals surface area contributed by atoms with E-state index < -0.39 is 0 Å². The Morgan fingerprint density at radius 2 is 1.16 bits per heavy atom. The summed E-state index contributed by atoms with van der Waals surface area (Å²) in [6.07, 6.45) is 6.45. The van der Waals surface area contributed by atoms with Crippen molar-refractivity contribution in [1.29, 1.82) is 0 Å². The van der Waals surface area contributed by atoms with Crippen LogP contribution in [0.2, 0.25) is 0 Å². The molecule has 0 aliphatic carbocycles. The fourth-order valence-electron chi connectivity index (χ4n) is 4.76. The van der Waals surface area contributed by atoms with Gasteiger partial charge in [-0.3, -0.25) is 9.98 Å². The van der Waals surface area contributed by atoms with Crippen LogP contribution in [0.4, 0.5) is 0 Å². The standard InChI is InChI=1S/C19H34N6/c1(10-24-12-2-16(3-13-24)18-20-6-7-21-18)11-25-14-4-17(5-15-25)19-22-8-9-23-19/h16-17H,1-15H2,(H,20,21)(H,22,23). The van der Waals surface area contributed by atoms with Gasteiger partial charge < -0.3 is 20.4 Å². The van der Waals surface area contributed by atoms with Crippen molar-refractivity contribution < 1.29 is 0 Å². The van der Waals surface area contributed by atoms with Crippen LogP contribution in [0.1, 0.15) is 32.1 Å². The molecule has 140 valence electrons. The van der Waals surface area contributed by atoms with E-state index in [9.17, 15) is 0 Å². The molecule has 4 aliphatic heterocycles. The van der Waals surface area contributed by atoms with Crippen molar-refractivity contribution in [2.75, 3.05) is 65.4 Å². The third-order valence-electron chi connectivity index (χ3n) is 6.30. The summed E-state index contributed by atoms with van der Waals surface area (Å²) in [5.74, 6) is 3.99. The maximum atomic E-state index is 4.61. The van der Waals surface area contributed by atoms with Crippen LogP contribution in [-0.2, 0) is 0 Å². The molecule has 0 aromatic carbocycles. The van der Waals surface area contributed by atoms with E-state index in [1.165, 1.54) is 83.0 Å². The van der Waals surface area contributed by atoms with E-state index in [0.717, 1.165) is 26.2 Å². The van der Waals surface area contributed by atoms with Crippen LogP contribution >= 0.6 is 0 Å². The Bertz CT molecular complexity index is 442. The fourth-order valence-corrected chi connectivity index (χ4v) is 4.76. The zero-order valence-electron chi connectivity index (χ0n) is 15.6. The van der Waals surface area contributed by atoms with Gasteiger partial charge in [-0.2, -0.15) is 0 Å². The number of aliphatic imine (C=N–C) groups is 2. The van der Waals surface area contributed by atoms with Gasteiger partial charge >= 0.3 is 0 Å². The van der Waals surface area contributed by atoms with Gasteiger partial charge in [-0.1, -0.05) is 0 Å². The van der Waals surface area contributed by atoms with Crippen LogP contribution in [0.25, 0.3) is 0 Å². The van der Waals surface area contributed by atoms with Gasteiger partial charge in [0, 0.05) is 24.9 Å². The van der Waals surface area contributed by atoms with E-state index in [1.54, 1.807) is 0 Å².